The molecule has 0 aromatic heterocycles. The number of hydrogen-bond acceptors (Lipinski definition) is 2. The summed E-state index contributed by atoms with van der Waals surface area (Å²) < 4.78 is 5.30. The van der Waals surface area contributed by atoms with Gasteiger partial charge in [0, 0.05) is 32.7 Å². The van der Waals surface area contributed by atoms with Crippen LogP contribution < -0.4 is 0 Å². The van der Waals surface area contributed by atoms with Crippen molar-refractivity contribution in [2.45, 2.75) is 20.3 Å². The van der Waals surface area contributed by atoms with Crippen LogP contribution in [-0.2, 0) is 9.53 Å². The van der Waals surface area contributed by atoms with Gasteiger partial charge in [-0.25, -0.2) is 0 Å². The van der Waals surface area contributed by atoms with Gasteiger partial charge in [-0.2, -0.15) is 0 Å². The van der Waals surface area contributed by atoms with Crippen molar-refractivity contribution in [3.63, 3.8) is 0 Å². The largest absolute Gasteiger partial charge is 0.381 e. The summed E-state index contributed by atoms with van der Waals surface area (Å²) in [6, 6.07) is 0. The summed E-state index contributed by atoms with van der Waals surface area (Å²) in [6.45, 7) is 6.35. The third-order valence-electron chi connectivity index (χ3n) is 2.81. The van der Waals surface area contributed by atoms with Gasteiger partial charge in [-0.05, 0) is 19.3 Å². The molecule has 0 saturated carbocycles. The Morgan fingerprint density at radius 1 is 1.62 bits per heavy atom. The topological polar surface area (TPSA) is 29.5 Å². The number of amides is 1. The second-order valence-corrected chi connectivity index (χ2v) is 3.80. The molecule has 76 valence electrons. The molecule has 0 spiro atoms. The maximum atomic E-state index is 11.8. The van der Waals surface area contributed by atoms with Gasteiger partial charge in [0.15, 0.2) is 0 Å². The molecule has 3 nitrogen and oxygen atoms in total. The SMILES string of the molecule is CCN(C)C(=O)C1CCOCC1C. The predicted molar refractivity (Wildman–Crippen MR) is 51.4 cm³/mol. The van der Waals surface area contributed by atoms with Crippen molar-refractivity contribution < 1.29 is 9.53 Å². The third-order valence-corrected chi connectivity index (χ3v) is 2.81. The Hall–Kier alpha value is -0.570. The molecule has 1 heterocycles. The van der Waals surface area contributed by atoms with Crippen LogP contribution in [0.25, 0.3) is 0 Å². The van der Waals surface area contributed by atoms with E-state index in [4.69, 9.17) is 4.74 Å². The number of carbonyl (C=O) groups excluding carboxylic acids is 1. The number of nitrogens with zero attached hydrogens (tertiary/aromatic N) is 1. The molecule has 1 fully saturated rings. The molecule has 3 heteroatoms. The van der Waals surface area contributed by atoms with E-state index < -0.39 is 0 Å². The fraction of sp³-hybridized carbons (Fsp3) is 0.900. The number of rotatable bonds is 2. The Morgan fingerprint density at radius 3 is 2.85 bits per heavy atom. The molecule has 0 bridgehead atoms. The van der Waals surface area contributed by atoms with Gasteiger partial charge in [0.2, 0.25) is 5.91 Å². The molecule has 2 unspecified atom stereocenters. The second kappa shape index (κ2) is 4.61. The van der Waals surface area contributed by atoms with E-state index in [-0.39, 0.29) is 11.8 Å². The average molecular weight is 185 g/mol. The Morgan fingerprint density at radius 2 is 2.31 bits per heavy atom. The predicted octanol–water partition coefficient (Wildman–Crippen LogP) is 1.14. The first-order chi connectivity index (χ1) is 6.16. The Bertz CT molecular complexity index is 182. The number of carbonyl (C=O) groups is 1. The van der Waals surface area contributed by atoms with Crippen LogP contribution in [0.2, 0.25) is 0 Å². The zero-order chi connectivity index (χ0) is 9.84. The molecule has 1 amide bonds. The van der Waals surface area contributed by atoms with Crippen molar-refractivity contribution in [1.82, 2.24) is 4.90 Å². The van der Waals surface area contributed by atoms with E-state index in [2.05, 4.69) is 6.92 Å². The van der Waals surface area contributed by atoms with E-state index in [9.17, 15) is 4.79 Å². The average Bonchev–Trinajstić information content (AvgIpc) is 2.16. The van der Waals surface area contributed by atoms with Crippen LogP contribution in [0.1, 0.15) is 20.3 Å². The molecule has 1 aliphatic heterocycles. The van der Waals surface area contributed by atoms with Gasteiger partial charge in [0.05, 0.1) is 0 Å². The van der Waals surface area contributed by atoms with Crippen LogP contribution in [0.4, 0.5) is 0 Å². The zero-order valence-corrected chi connectivity index (χ0v) is 8.75. The molecule has 0 aliphatic carbocycles. The summed E-state index contributed by atoms with van der Waals surface area (Å²) in [4.78, 5) is 13.6. The summed E-state index contributed by atoms with van der Waals surface area (Å²) in [7, 11) is 1.87. The highest BCUT2D eigenvalue weighted by Crippen LogP contribution is 2.22. The maximum absolute atomic E-state index is 11.8. The summed E-state index contributed by atoms with van der Waals surface area (Å²) in [5, 5.41) is 0. The van der Waals surface area contributed by atoms with Crippen LogP contribution in [0.5, 0.6) is 0 Å². The van der Waals surface area contributed by atoms with Crippen molar-refractivity contribution >= 4 is 5.91 Å². The minimum Gasteiger partial charge on any atom is -0.381 e. The Labute approximate surface area is 80.1 Å². The minimum atomic E-state index is 0.179. The fourth-order valence-electron chi connectivity index (χ4n) is 1.69. The second-order valence-electron chi connectivity index (χ2n) is 3.80. The van der Waals surface area contributed by atoms with Crippen molar-refractivity contribution in [1.29, 1.82) is 0 Å². The highest BCUT2D eigenvalue weighted by Gasteiger charge is 2.29. The molecular weight excluding hydrogens is 166 g/mol. The lowest BCUT2D eigenvalue weighted by Crippen LogP contribution is -2.39. The van der Waals surface area contributed by atoms with Crippen LogP contribution in [0, 0.1) is 11.8 Å². The van der Waals surface area contributed by atoms with Crippen LogP contribution >= 0.6 is 0 Å². The lowest BCUT2D eigenvalue weighted by atomic mass is 9.89. The molecule has 1 rings (SSSR count). The van der Waals surface area contributed by atoms with E-state index in [1.54, 1.807) is 4.90 Å². The quantitative estimate of drug-likeness (QED) is 0.645. The number of hydrogen-bond donors (Lipinski definition) is 0. The van der Waals surface area contributed by atoms with Crippen LogP contribution in [-0.4, -0.2) is 37.6 Å². The van der Waals surface area contributed by atoms with E-state index in [0.29, 0.717) is 5.92 Å². The van der Waals surface area contributed by atoms with Crippen molar-refractivity contribution in [2.75, 3.05) is 26.8 Å². The molecule has 0 radical (unpaired) electrons. The highest BCUT2D eigenvalue weighted by atomic mass is 16.5. The maximum Gasteiger partial charge on any atom is 0.225 e. The minimum absolute atomic E-state index is 0.179. The van der Waals surface area contributed by atoms with Crippen molar-refractivity contribution in [3.05, 3.63) is 0 Å². The standard InChI is InChI=1S/C10H19NO2/c1-4-11(3)10(12)9-5-6-13-7-8(9)2/h8-9H,4-7H2,1-3H3. The lowest BCUT2D eigenvalue weighted by molar-refractivity contribution is -0.139. The first-order valence-corrected chi connectivity index (χ1v) is 4.99. The zero-order valence-electron chi connectivity index (χ0n) is 8.75. The highest BCUT2D eigenvalue weighted by molar-refractivity contribution is 5.78. The molecule has 2 atom stereocenters. The van der Waals surface area contributed by atoms with Gasteiger partial charge in [-0.1, -0.05) is 6.92 Å². The van der Waals surface area contributed by atoms with Gasteiger partial charge < -0.3 is 9.64 Å². The summed E-state index contributed by atoms with van der Waals surface area (Å²) in [5.74, 6) is 0.826. The third kappa shape index (κ3) is 2.44. The van der Waals surface area contributed by atoms with Gasteiger partial charge in [-0.15, -0.1) is 0 Å². The van der Waals surface area contributed by atoms with Gasteiger partial charge in [-0.3, -0.25) is 4.79 Å². The van der Waals surface area contributed by atoms with Crippen molar-refractivity contribution in [3.8, 4) is 0 Å². The molecule has 0 aromatic rings. The Balaban J connectivity index is 2.53. The summed E-state index contributed by atoms with van der Waals surface area (Å²) in [6.07, 6.45) is 0.879. The fourth-order valence-corrected chi connectivity index (χ4v) is 1.69. The molecule has 1 saturated heterocycles. The first kappa shape index (κ1) is 10.5. The first-order valence-electron chi connectivity index (χ1n) is 4.99. The lowest BCUT2D eigenvalue weighted by Gasteiger charge is -2.30. The molecule has 13 heavy (non-hydrogen) atoms. The molecule has 0 N–H and O–H groups in total. The molecule has 0 aromatic carbocycles. The van der Waals surface area contributed by atoms with Crippen LogP contribution in [0.3, 0.4) is 0 Å². The number of ether oxygens (including phenoxy) is 1. The van der Waals surface area contributed by atoms with E-state index in [1.165, 1.54) is 0 Å². The van der Waals surface area contributed by atoms with Gasteiger partial charge in [0.25, 0.3) is 0 Å². The van der Waals surface area contributed by atoms with E-state index >= 15 is 0 Å². The smallest absolute Gasteiger partial charge is 0.225 e. The summed E-state index contributed by atoms with van der Waals surface area (Å²) in [5.41, 5.74) is 0. The Kier molecular flexibility index (Phi) is 3.72. The van der Waals surface area contributed by atoms with Gasteiger partial charge in [0.1, 0.15) is 0 Å². The monoisotopic (exact) mass is 185 g/mol. The van der Waals surface area contributed by atoms with E-state index in [0.717, 1.165) is 26.2 Å². The molecular formula is C10H19NO2. The van der Waals surface area contributed by atoms with E-state index in [1.807, 2.05) is 14.0 Å². The molecule has 1 aliphatic rings. The van der Waals surface area contributed by atoms with Crippen LogP contribution in [0.15, 0.2) is 0 Å². The van der Waals surface area contributed by atoms with Crippen molar-refractivity contribution in [2.24, 2.45) is 11.8 Å². The normalized spacial score (nSPS) is 28.5. The summed E-state index contributed by atoms with van der Waals surface area (Å²) >= 11 is 0. The van der Waals surface area contributed by atoms with Gasteiger partial charge >= 0.3 is 0 Å².